The van der Waals surface area contributed by atoms with Crippen molar-refractivity contribution < 1.29 is 9.21 Å². The number of carbonyl (C=O) groups excluding carboxylic acids is 1. The number of amides is 1. The predicted molar refractivity (Wildman–Crippen MR) is 84.7 cm³/mol. The van der Waals surface area contributed by atoms with Crippen LogP contribution in [0.5, 0.6) is 0 Å². The Morgan fingerprint density at radius 2 is 1.74 bits per heavy atom. The molecule has 23 heavy (non-hydrogen) atoms. The average molecular weight is 318 g/mol. The molecule has 3 fully saturated rings. The molecular formula is C17H26N4O2. The molecule has 2 saturated carbocycles. The summed E-state index contributed by atoms with van der Waals surface area (Å²) in [7, 11) is 0. The third kappa shape index (κ3) is 3.57. The van der Waals surface area contributed by atoms with Crippen LogP contribution in [-0.2, 0) is 11.3 Å². The monoisotopic (exact) mass is 318 g/mol. The molecule has 0 N–H and O–H groups in total. The summed E-state index contributed by atoms with van der Waals surface area (Å²) < 4.78 is 5.74. The van der Waals surface area contributed by atoms with Crippen LogP contribution in [0.2, 0.25) is 0 Å². The fourth-order valence-corrected chi connectivity index (χ4v) is 3.75. The van der Waals surface area contributed by atoms with Crippen LogP contribution in [0.15, 0.2) is 4.42 Å². The summed E-state index contributed by atoms with van der Waals surface area (Å²) >= 11 is 0. The highest BCUT2D eigenvalue weighted by Crippen LogP contribution is 2.39. The molecule has 0 bridgehead atoms. The van der Waals surface area contributed by atoms with Gasteiger partial charge in [0.1, 0.15) is 0 Å². The minimum Gasteiger partial charge on any atom is -0.424 e. The minimum atomic E-state index is 0.285. The molecule has 126 valence electrons. The van der Waals surface area contributed by atoms with E-state index in [1.807, 2.05) is 0 Å². The van der Waals surface area contributed by atoms with Gasteiger partial charge in [0, 0.05) is 38.0 Å². The van der Waals surface area contributed by atoms with Crippen molar-refractivity contribution in [3.8, 4) is 0 Å². The molecule has 1 aromatic heterocycles. The van der Waals surface area contributed by atoms with E-state index in [1.54, 1.807) is 0 Å². The first-order valence-corrected chi connectivity index (χ1v) is 9.13. The highest BCUT2D eigenvalue weighted by Gasteiger charge is 2.31. The maximum Gasteiger partial charge on any atom is 0.230 e. The van der Waals surface area contributed by atoms with Gasteiger partial charge in [0.2, 0.25) is 17.7 Å². The van der Waals surface area contributed by atoms with E-state index in [4.69, 9.17) is 4.42 Å². The van der Waals surface area contributed by atoms with Crippen LogP contribution in [0.1, 0.15) is 62.6 Å². The quantitative estimate of drug-likeness (QED) is 0.851. The highest BCUT2D eigenvalue weighted by molar-refractivity contribution is 5.79. The van der Waals surface area contributed by atoms with Gasteiger partial charge in [0.25, 0.3) is 0 Å². The van der Waals surface area contributed by atoms with Gasteiger partial charge in [-0.1, -0.05) is 19.3 Å². The average Bonchev–Trinajstić information content (AvgIpc) is 3.36. The molecular weight excluding hydrogens is 292 g/mol. The zero-order chi connectivity index (χ0) is 15.6. The van der Waals surface area contributed by atoms with Crippen LogP contribution in [0.25, 0.3) is 0 Å². The molecule has 6 nitrogen and oxygen atoms in total. The molecule has 3 aliphatic rings. The number of nitrogens with zero attached hydrogens (tertiary/aromatic N) is 4. The summed E-state index contributed by atoms with van der Waals surface area (Å²) in [6.45, 7) is 4.18. The normalized spacial score (nSPS) is 24.1. The maximum absolute atomic E-state index is 12.6. The van der Waals surface area contributed by atoms with Crippen LogP contribution < -0.4 is 0 Å². The van der Waals surface area contributed by atoms with Crippen LogP contribution >= 0.6 is 0 Å². The van der Waals surface area contributed by atoms with Gasteiger partial charge < -0.3 is 9.32 Å². The molecule has 0 spiro atoms. The molecule has 1 saturated heterocycles. The Morgan fingerprint density at radius 3 is 2.43 bits per heavy atom. The largest absolute Gasteiger partial charge is 0.424 e. The summed E-state index contributed by atoms with van der Waals surface area (Å²) in [6, 6.07) is 0. The lowest BCUT2D eigenvalue weighted by Gasteiger charge is -2.36. The fourth-order valence-electron chi connectivity index (χ4n) is 3.75. The number of rotatable bonds is 4. The summed E-state index contributed by atoms with van der Waals surface area (Å²) in [5.41, 5.74) is 0. The fraction of sp³-hybridized carbons (Fsp3) is 0.824. The van der Waals surface area contributed by atoms with E-state index in [1.165, 1.54) is 32.1 Å². The van der Waals surface area contributed by atoms with Crippen molar-refractivity contribution in [2.24, 2.45) is 5.92 Å². The van der Waals surface area contributed by atoms with Crippen molar-refractivity contribution in [3.05, 3.63) is 11.8 Å². The van der Waals surface area contributed by atoms with Crippen LogP contribution in [0.3, 0.4) is 0 Å². The van der Waals surface area contributed by atoms with Crippen LogP contribution in [0.4, 0.5) is 0 Å². The van der Waals surface area contributed by atoms with Crippen molar-refractivity contribution in [1.82, 2.24) is 20.0 Å². The third-order valence-electron chi connectivity index (χ3n) is 5.41. The molecule has 0 atom stereocenters. The van der Waals surface area contributed by atoms with Crippen molar-refractivity contribution in [3.63, 3.8) is 0 Å². The molecule has 2 aliphatic carbocycles. The van der Waals surface area contributed by atoms with E-state index < -0.39 is 0 Å². The van der Waals surface area contributed by atoms with Crippen molar-refractivity contribution in [2.75, 3.05) is 26.2 Å². The maximum atomic E-state index is 12.6. The molecule has 6 heteroatoms. The van der Waals surface area contributed by atoms with E-state index in [0.29, 0.717) is 18.4 Å². The van der Waals surface area contributed by atoms with Crippen LogP contribution in [-0.4, -0.2) is 52.1 Å². The number of aromatic nitrogens is 2. The molecule has 0 unspecified atom stereocenters. The number of carbonyl (C=O) groups is 1. The SMILES string of the molecule is O=C(C1CCCCC1)N1CCN(Cc2nnc(C3CC3)o2)CC1. The zero-order valence-electron chi connectivity index (χ0n) is 13.7. The second kappa shape index (κ2) is 6.59. The summed E-state index contributed by atoms with van der Waals surface area (Å²) in [5.74, 6) is 2.72. The van der Waals surface area contributed by atoms with E-state index in [-0.39, 0.29) is 5.92 Å². The lowest BCUT2D eigenvalue weighted by atomic mass is 9.88. The molecule has 4 rings (SSSR count). The van der Waals surface area contributed by atoms with Crippen molar-refractivity contribution in [1.29, 1.82) is 0 Å². The zero-order valence-corrected chi connectivity index (χ0v) is 13.7. The van der Waals surface area contributed by atoms with E-state index >= 15 is 0 Å². The van der Waals surface area contributed by atoms with E-state index in [9.17, 15) is 4.79 Å². The third-order valence-corrected chi connectivity index (χ3v) is 5.41. The van der Waals surface area contributed by atoms with E-state index in [0.717, 1.165) is 50.8 Å². The Hall–Kier alpha value is -1.43. The second-order valence-corrected chi connectivity index (χ2v) is 7.24. The van der Waals surface area contributed by atoms with Gasteiger partial charge >= 0.3 is 0 Å². The molecule has 0 aromatic carbocycles. The number of hydrogen-bond acceptors (Lipinski definition) is 5. The van der Waals surface area contributed by atoms with Crippen LogP contribution in [0, 0.1) is 5.92 Å². The Balaban J connectivity index is 1.25. The number of hydrogen-bond donors (Lipinski definition) is 0. The minimum absolute atomic E-state index is 0.285. The summed E-state index contributed by atoms with van der Waals surface area (Å²) in [5, 5.41) is 8.30. The first-order valence-electron chi connectivity index (χ1n) is 9.13. The molecule has 2 heterocycles. The Bertz CT molecular complexity index is 541. The Kier molecular flexibility index (Phi) is 4.33. The van der Waals surface area contributed by atoms with Gasteiger partial charge in [-0.3, -0.25) is 9.69 Å². The van der Waals surface area contributed by atoms with Gasteiger partial charge in [0.05, 0.1) is 6.54 Å². The van der Waals surface area contributed by atoms with Gasteiger partial charge in [-0.2, -0.15) is 0 Å². The van der Waals surface area contributed by atoms with Crippen molar-refractivity contribution >= 4 is 5.91 Å². The Labute approximate surface area is 137 Å². The second-order valence-electron chi connectivity index (χ2n) is 7.24. The first-order chi connectivity index (χ1) is 11.3. The molecule has 1 aromatic rings. The van der Waals surface area contributed by atoms with Gasteiger partial charge in [-0.05, 0) is 25.7 Å². The lowest BCUT2D eigenvalue weighted by molar-refractivity contribution is -0.138. The lowest BCUT2D eigenvalue weighted by Crippen LogP contribution is -2.50. The predicted octanol–water partition coefficient (Wildman–Crippen LogP) is 2.17. The molecule has 1 amide bonds. The van der Waals surface area contributed by atoms with Crippen molar-refractivity contribution in [2.45, 2.75) is 57.4 Å². The first kappa shape index (κ1) is 15.1. The smallest absolute Gasteiger partial charge is 0.230 e. The van der Waals surface area contributed by atoms with Gasteiger partial charge in [-0.25, -0.2) is 0 Å². The highest BCUT2D eigenvalue weighted by atomic mass is 16.4. The molecule has 0 radical (unpaired) electrons. The summed E-state index contributed by atoms with van der Waals surface area (Å²) in [4.78, 5) is 16.9. The van der Waals surface area contributed by atoms with E-state index in [2.05, 4.69) is 20.0 Å². The topological polar surface area (TPSA) is 62.5 Å². The summed E-state index contributed by atoms with van der Waals surface area (Å²) in [6.07, 6.45) is 8.28. The number of piperazine rings is 1. The molecule has 1 aliphatic heterocycles. The standard InChI is InChI=1S/C17H26N4O2/c22-17(14-4-2-1-3-5-14)21-10-8-20(9-11-21)12-15-18-19-16(23-15)13-6-7-13/h13-14H,1-12H2. The Morgan fingerprint density at radius 1 is 1.00 bits per heavy atom. The van der Waals surface area contributed by atoms with Gasteiger partial charge in [0.15, 0.2) is 0 Å². The van der Waals surface area contributed by atoms with Gasteiger partial charge in [-0.15, -0.1) is 10.2 Å².